The van der Waals surface area contributed by atoms with Crippen molar-refractivity contribution in [3.8, 4) is 0 Å². The number of carboxylic acids is 1. The van der Waals surface area contributed by atoms with Crippen LogP contribution in [0, 0.1) is 0 Å². The van der Waals surface area contributed by atoms with Gasteiger partial charge < -0.3 is 24.3 Å². The van der Waals surface area contributed by atoms with E-state index in [1.165, 1.54) is 4.90 Å². The molecule has 16 heavy (non-hydrogen) atoms. The Labute approximate surface area is 94.1 Å². The first-order chi connectivity index (χ1) is 7.29. The number of hydrogen-bond donors (Lipinski definition) is 0. The molecule has 1 amide bonds. The molecule has 92 valence electrons. The highest BCUT2D eigenvalue weighted by atomic mass is 16.6. The molecule has 1 rings (SSSR count). The van der Waals surface area contributed by atoms with Crippen molar-refractivity contribution in [2.45, 2.75) is 32.5 Å². The van der Waals surface area contributed by atoms with E-state index >= 15 is 0 Å². The lowest BCUT2D eigenvalue weighted by atomic mass is 10.2. The number of rotatable bonds is 1. The molecule has 1 atom stereocenters. The number of aliphatic carboxylic acids is 1. The zero-order valence-corrected chi connectivity index (χ0v) is 9.69. The largest absolute Gasteiger partial charge is 0.547 e. The lowest BCUT2D eigenvalue weighted by Crippen LogP contribution is -2.53. The highest BCUT2D eigenvalue weighted by Crippen LogP contribution is 2.12. The Morgan fingerprint density at radius 2 is 2.06 bits per heavy atom. The van der Waals surface area contributed by atoms with Crippen LogP contribution in [0.3, 0.4) is 0 Å². The molecule has 1 heterocycles. The molecule has 0 bridgehead atoms. The molecule has 0 aromatic heterocycles. The molecule has 1 aliphatic heterocycles. The minimum atomic E-state index is -1.31. The van der Waals surface area contributed by atoms with Crippen LogP contribution in [0.15, 0.2) is 0 Å². The van der Waals surface area contributed by atoms with E-state index in [-0.39, 0.29) is 13.2 Å². The summed E-state index contributed by atoms with van der Waals surface area (Å²) in [6.45, 7) is 5.73. The summed E-state index contributed by atoms with van der Waals surface area (Å²) in [6, 6.07) is 0. The summed E-state index contributed by atoms with van der Waals surface area (Å²) >= 11 is 0. The van der Waals surface area contributed by atoms with Gasteiger partial charge >= 0.3 is 6.09 Å². The number of morpholine rings is 1. The third-order valence-corrected chi connectivity index (χ3v) is 1.98. The molecular formula is C10H16NO5-. The van der Waals surface area contributed by atoms with Gasteiger partial charge in [0.15, 0.2) is 0 Å². The highest BCUT2D eigenvalue weighted by Gasteiger charge is 2.28. The maximum atomic E-state index is 11.6. The Kier molecular flexibility index (Phi) is 3.74. The van der Waals surface area contributed by atoms with Gasteiger partial charge in [0.2, 0.25) is 0 Å². The minimum absolute atomic E-state index is 0.0305. The standard InChI is InChI=1S/C10H17NO5/c1-10(2,3)16-9(14)11-4-5-15-7(6-11)8(12)13/h7H,4-6H2,1-3H3,(H,12,13)/p-1/t7-/m0/s1. The van der Waals surface area contributed by atoms with Gasteiger partial charge in [-0.15, -0.1) is 0 Å². The van der Waals surface area contributed by atoms with Crippen LogP contribution in [0.25, 0.3) is 0 Å². The van der Waals surface area contributed by atoms with Gasteiger partial charge in [0.1, 0.15) is 11.7 Å². The van der Waals surface area contributed by atoms with Crippen LogP contribution >= 0.6 is 0 Å². The molecule has 0 spiro atoms. The topological polar surface area (TPSA) is 78.9 Å². The maximum Gasteiger partial charge on any atom is 0.410 e. The number of ether oxygens (including phenoxy) is 2. The predicted octanol–water partition coefficient (Wildman–Crippen LogP) is -0.628. The van der Waals surface area contributed by atoms with E-state index in [2.05, 4.69) is 0 Å². The molecule has 0 saturated carbocycles. The first kappa shape index (κ1) is 12.8. The smallest absolute Gasteiger partial charge is 0.410 e. The molecule has 0 radical (unpaired) electrons. The van der Waals surface area contributed by atoms with Gasteiger partial charge in [-0.1, -0.05) is 0 Å². The van der Waals surface area contributed by atoms with E-state index in [9.17, 15) is 14.7 Å². The Bertz CT molecular complexity index is 283. The van der Waals surface area contributed by atoms with Gasteiger partial charge in [-0.3, -0.25) is 0 Å². The van der Waals surface area contributed by atoms with E-state index in [1.54, 1.807) is 20.8 Å². The Hall–Kier alpha value is -1.30. The second kappa shape index (κ2) is 4.69. The quantitative estimate of drug-likeness (QED) is 0.599. The van der Waals surface area contributed by atoms with E-state index in [0.717, 1.165) is 0 Å². The number of carboxylic acid groups (broad SMARTS) is 1. The summed E-state index contributed by atoms with van der Waals surface area (Å²) in [5.41, 5.74) is -0.591. The van der Waals surface area contributed by atoms with Crippen LogP contribution in [0.4, 0.5) is 4.79 Å². The number of nitrogens with zero attached hydrogens (tertiary/aromatic N) is 1. The molecule has 1 saturated heterocycles. The van der Waals surface area contributed by atoms with E-state index in [1.807, 2.05) is 0 Å². The summed E-state index contributed by atoms with van der Waals surface area (Å²) < 4.78 is 10.1. The molecule has 1 aliphatic rings. The van der Waals surface area contributed by atoms with Crippen LogP contribution in [0.5, 0.6) is 0 Å². The SMILES string of the molecule is CC(C)(C)OC(=O)N1CCO[C@H](C(=O)[O-])C1. The molecule has 0 unspecified atom stereocenters. The fourth-order valence-electron chi connectivity index (χ4n) is 1.28. The predicted molar refractivity (Wildman–Crippen MR) is 52.6 cm³/mol. The molecule has 0 aliphatic carbocycles. The first-order valence-corrected chi connectivity index (χ1v) is 5.10. The second-order valence-corrected chi connectivity index (χ2v) is 4.60. The summed E-state index contributed by atoms with van der Waals surface area (Å²) in [5, 5.41) is 10.6. The van der Waals surface area contributed by atoms with Crippen molar-refractivity contribution >= 4 is 12.1 Å². The number of carbonyl (C=O) groups is 2. The Morgan fingerprint density at radius 3 is 2.56 bits per heavy atom. The fourth-order valence-corrected chi connectivity index (χ4v) is 1.28. The highest BCUT2D eigenvalue weighted by molar-refractivity contribution is 5.73. The van der Waals surface area contributed by atoms with Gasteiger partial charge in [-0.2, -0.15) is 0 Å². The zero-order valence-electron chi connectivity index (χ0n) is 9.69. The van der Waals surface area contributed by atoms with Gasteiger partial charge in [0, 0.05) is 6.54 Å². The van der Waals surface area contributed by atoms with Crippen molar-refractivity contribution in [2.24, 2.45) is 0 Å². The van der Waals surface area contributed by atoms with E-state index < -0.39 is 23.8 Å². The van der Waals surface area contributed by atoms with Crippen LogP contribution in [-0.2, 0) is 14.3 Å². The third-order valence-electron chi connectivity index (χ3n) is 1.98. The van der Waals surface area contributed by atoms with Crippen LogP contribution in [0.1, 0.15) is 20.8 Å². The summed E-state index contributed by atoms with van der Waals surface area (Å²) in [5.74, 6) is -1.31. The van der Waals surface area contributed by atoms with Crippen molar-refractivity contribution in [2.75, 3.05) is 19.7 Å². The Balaban J connectivity index is 2.54. The van der Waals surface area contributed by atoms with Crippen molar-refractivity contribution < 1.29 is 24.2 Å². The average molecular weight is 230 g/mol. The first-order valence-electron chi connectivity index (χ1n) is 5.10. The number of hydrogen-bond acceptors (Lipinski definition) is 5. The summed E-state index contributed by atoms with van der Waals surface area (Å²) in [4.78, 5) is 23.5. The lowest BCUT2D eigenvalue weighted by Gasteiger charge is -2.34. The maximum absolute atomic E-state index is 11.6. The van der Waals surface area contributed by atoms with Crippen molar-refractivity contribution in [1.82, 2.24) is 4.90 Å². The monoisotopic (exact) mass is 230 g/mol. The lowest BCUT2D eigenvalue weighted by molar-refractivity contribution is -0.318. The van der Waals surface area contributed by atoms with Gasteiger partial charge in [0.05, 0.1) is 19.1 Å². The molecule has 6 nitrogen and oxygen atoms in total. The number of amides is 1. The van der Waals surface area contributed by atoms with Gasteiger partial charge in [-0.05, 0) is 20.8 Å². The van der Waals surface area contributed by atoms with Gasteiger partial charge in [0.25, 0.3) is 0 Å². The molecule has 0 aromatic carbocycles. The van der Waals surface area contributed by atoms with Gasteiger partial charge in [-0.25, -0.2) is 4.79 Å². The van der Waals surface area contributed by atoms with Crippen molar-refractivity contribution in [1.29, 1.82) is 0 Å². The van der Waals surface area contributed by atoms with E-state index in [4.69, 9.17) is 9.47 Å². The number of carbonyl (C=O) groups excluding carboxylic acids is 2. The van der Waals surface area contributed by atoms with Crippen molar-refractivity contribution in [3.63, 3.8) is 0 Å². The molecule has 1 fully saturated rings. The van der Waals surface area contributed by atoms with Crippen LogP contribution in [0.2, 0.25) is 0 Å². The fraction of sp³-hybridized carbons (Fsp3) is 0.800. The normalized spacial score (nSPS) is 21.7. The molecule has 0 N–H and O–H groups in total. The summed E-state index contributed by atoms with van der Waals surface area (Å²) in [7, 11) is 0. The zero-order chi connectivity index (χ0) is 12.3. The van der Waals surface area contributed by atoms with Crippen LogP contribution < -0.4 is 5.11 Å². The third kappa shape index (κ3) is 3.69. The summed E-state index contributed by atoms with van der Waals surface area (Å²) in [6.07, 6.45) is -1.59. The minimum Gasteiger partial charge on any atom is -0.547 e. The molecular weight excluding hydrogens is 214 g/mol. The second-order valence-electron chi connectivity index (χ2n) is 4.60. The van der Waals surface area contributed by atoms with E-state index in [0.29, 0.717) is 6.54 Å². The molecule has 6 heteroatoms. The van der Waals surface area contributed by atoms with Crippen molar-refractivity contribution in [3.05, 3.63) is 0 Å². The molecule has 0 aromatic rings. The Morgan fingerprint density at radius 1 is 1.44 bits per heavy atom. The van der Waals surface area contributed by atoms with Crippen LogP contribution in [-0.4, -0.2) is 48.4 Å². The average Bonchev–Trinajstić information content (AvgIpc) is 2.15.